The average Bonchev–Trinajstić information content (AvgIpc) is 2.05. The van der Waals surface area contributed by atoms with Crippen LogP contribution in [0.4, 0.5) is 0 Å². The van der Waals surface area contributed by atoms with Crippen LogP contribution in [0.25, 0.3) is 0 Å². The van der Waals surface area contributed by atoms with E-state index in [1.165, 1.54) is 6.42 Å². The van der Waals surface area contributed by atoms with Gasteiger partial charge in [0.05, 0.1) is 0 Å². The average molecular weight is 136 g/mol. The van der Waals surface area contributed by atoms with E-state index in [9.17, 15) is 0 Å². The summed E-state index contributed by atoms with van der Waals surface area (Å²) in [5.41, 5.74) is 0. The lowest BCUT2D eigenvalue weighted by Crippen LogP contribution is -2.36. The van der Waals surface area contributed by atoms with Gasteiger partial charge in [0.15, 0.2) is 18.4 Å². The van der Waals surface area contributed by atoms with Crippen LogP contribution in [0.2, 0.25) is 0 Å². The lowest BCUT2D eigenvalue weighted by molar-refractivity contribution is -0.720. The molecule has 1 heteroatoms. The van der Waals surface area contributed by atoms with Gasteiger partial charge in [-0.2, -0.15) is 0 Å². The highest BCUT2D eigenvalue weighted by molar-refractivity contribution is 4.83. The van der Waals surface area contributed by atoms with Crippen molar-refractivity contribution in [2.75, 3.05) is 0 Å². The van der Waals surface area contributed by atoms with E-state index in [4.69, 9.17) is 0 Å². The molecule has 10 heavy (non-hydrogen) atoms. The predicted molar refractivity (Wildman–Crippen MR) is 41.6 cm³/mol. The molecule has 54 valence electrons. The zero-order chi connectivity index (χ0) is 7.40. The summed E-state index contributed by atoms with van der Waals surface area (Å²) in [4.78, 5) is 0. The third-order valence-corrected chi connectivity index (χ3v) is 1.84. The lowest BCUT2D eigenvalue weighted by atomic mass is 10.2. The maximum absolute atomic E-state index is 2.22. The molecule has 1 rings (SSSR count). The van der Waals surface area contributed by atoms with E-state index >= 15 is 0 Å². The van der Waals surface area contributed by atoms with Gasteiger partial charge in [0.1, 0.15) is 0 Å². The molecule has 0 spiro atoms. The third kappa shape index (κ3) is 1.56. The number of rotatable bonds is 2. The molecule has 0 aliphatic carbocycles. The van der Waals surface area contributed by atoms with Crippen LogP contribution in [-0.2, 0) is 0 Å². The normalized spacial score (nSPS) is 13.0. The van der Waals surface area contributed by atoms with Gasteiger partial charge in [-0.05, 0) is 6.92 Å². The summed E-state index contributed by atoms with van der Waals surface area (Å²) >= 11 is 0. The summed E-state index contributed by atoms with van der Waals surface area (Å²) in [6, 6.07) is 6.79. The minimum atomic E-state index is 0.626. The molecule has 1 nitrogen and oxygen atoms in total. The highest BCUT2D eigenvalue weighted by atomic mass is 15.0. The third-order valence-electron chi connectivity index (χ3n) is 1.84. The van der Waals surface area contributed by atoms with Crippen molar-refractivity contribution < 1.29 is 4.57 Å². The van der Waals surface area contributed by atoms with Crippen molar-refractivity contribution in [3.63, 3.8) is 0 Å². The van der Waals surface area contributed by atoms with Crippen LogP contribution in [0, 0.1) is 0 Å². The smallest absolute Gasteiger partial charge is 0.169 e. The largest absolute Gasteiger partial charge is 0.203 e. The van der Waals surface area contributed by atoms with Crippen LogP contribution < -0.4 is 4.57 Å². The molecule has 1 aromatic rings. The van der Waals surface area contributed by atoms with Crippen LogP contribution in [0.15, 0.2) is 30.6 Å². The topological polar surface area (TPSA) is 3.88 Å². The molecule has 0 unspecified atom stereocenters. The first-order valence-corrected chi connectivity index (χ1v) is 3.80. The molecule has 1 aromatic heterocycles. The minimum Gasteiger partial charge on any atom is -0.203 e. The number of hydrogen-bond acceptors (Lipinski definition) is 0. The molecule has 0 saturated heterocycles. The number of hydrogen-bond donors (Lipinski definition) is 0. The van der Waals surface area contributed by atoms with Gasteiger partial charge in [-0.25, -0.2) is 4.57 Å². The Morgan fingerprint density at radius 2 is 1.80 bits per heavy atom. The molecule has 0 bridgehead atoms. The summed E-state index contributed by atoms with van der Waals surface area (Å²) in [5.74, 6) is 0. The fourth-order valence-corrected chi connectivity index (χ4v) is 0.917. The van der Waals surface area contributed by atoms with E-state index in [0.29, 0.717) is 6.04 Å². The van der Waals surface area contributed by atoms with Crippen molar-refractivity contribution in [3.05, 3.63) is 30.6 Å². The standard InChI is InChI=1S/C9H14N/c1-3-9(2)10-7-5-4-6-8-10/h4-9H,3H2,1-2H3/q+1/t9-/m0/s1. The molecule has 0 aliphatic rings. The quantitative estimate of drug-likeness (QED) is 0.547. The zero-order valence-electron chi connectivity index (χ0n) is 6.62. The van der Waals surface area contributed by atoms with Gasteiger partial charge in [0, 0.05) is 18.6 Å². The summed E-state index contributed by atoms with van der Waals surface area (Å²) in [7, 11) is 0. The zero-order valence-corrected chi connectivity index (χ0v) is 6.62. The highest BCUT2D eigenvalue weighted by Gasteiger charge is 2.05. The van der Waals surface area contributed by atoms with Crippen molar-refractivity contribution in [2.24, 2.45) is 0 Å². The summed E-state index contributed by atoms with van der Waals surface area (Å²) in [5, 5.41) is 0. The van der Waals surface area contributed by atoms with Crippen LogP contribution in [0.3, 0.4) is 0 Å². The first-order chi connectivity index (χ1) is 4.84. The van der Waals surface area contributed by atoms with E-state index in [0.717, 1.165) is 0 Å². The fourth-order valence-electron chi connectivity index (χ4n) is 0.917. The summed E-state index contributed by atoms with van der Waals surface area (Å²) in [6.45, 7) is 4.42. The number of pyridine rings is 1. The monoisotopic (exact) mass is 136 g/mol. The second-order valence-corrected chi connectivity index (χ2v) is 2.58. The maximum atomic E-state index is 2.22. The van der Waals surface area contributed by atoms with E-state index in [2.05, 4.69) is 42.9 Å². The second-order valence-electron chi connectivity index (χ2n) is 2.58. The number of aromatic nitrogens is 1. The van der Waals surface area contributed by atoms with Crippen molar-refractivity contribution in [1.82, 2.24) is 0 Å². The molecule has 1 heterocycles. The van der Waals surface area contributed by atoms with Crippen LogP contribution in [-0.4, -0.2) is 0 Å². The first-order valence-electron chi connectivity index (χ1n) is 3.80. The van der Waals surface area contributed by atoms with Crippen molar-refractivity contribution >= 4 is 0 Å². The molecule has 0 aromatic carbocycles. The predicted octanol–water partition coefficient (Wildman–Crippen LogP) is 1.95. The molecule has 0 saturated carbocycles. The number of nitrogens with zero attached hydrogens (tertiary/aromatic N) is 1. The maximum Gasteiger partial charge on any atom is 0.169 e. The van der Waals surface area contributed by atoms with Gasteiger partial charge in [-0.15, -0.1) is 0 Å². The minimum absolute atomic E-state index is 0.626. The molecular formula is C9H14N+. The Labute approximate surface area is 62.3 Å². The van der Waals surface area contributed by atoms with Gasteiger partial charge < -0.3 is 0 Å². The Morgan fingerprint density at radius 3 is 2.30 bits per heavy atom. The molecular weight excluding hydrogens is 122 g/mol. The van der Waals surface area contributed by atoms with E-state index in [-0.39, 0.29) is 0 Å². The molecule has 0 aliphatic heterocycles. The van der Waals surface area contributed by atoms with Crippen LogP contribution >= 0.6 is 0 Å². The van der Waals surface area contributed by atoms with Gasteiger partial charge in [0.2, 0.25) is 0 Å². The Balaban J connectivity index is 2.75. The van der Waals surface area contributed by atoms with Gasteiger partial charge in [0.25, 0.3) is 0 Å². The Bertz CT molecular complexity index is 181. The van der Waals surface area contributed by atoms with E-state index in [1.54, 1.807) is 0 Å². The van der Waals surface area contributed by atoms with Crippen molar-refractivity contribution in [3.8, 4) is 0 Å². The Hall–Kier alpha value is -0.850. The fraction of sp³-hybridized carbons (Fsp3) is 0.444. The van der Waals surface area contributed by atoms with Crippen molar-refractivity contribution in [1.29, 1.82) is 0 Å². The molecule has 0 radical (unpaired) electrons. The molecule has 0 N–H and O–H groups in total. The van der Waals surface area contributed by atoms with Crippen LogP contribution in [0.5, 0.6) is 0 Å². The molecule has 0 amide bonds. The SMILES string of the molecule is CC[C@H](C)[n+]1ccccc1. The first kappa shape index (κ1) is 7.26. The van der Waals surface area contributed by atoms with Crippen LogP contribution in [0.1, 0.15) is 26.3 Å². The summed E-state index contributed by atoms with van der Waals surface area (Å²) in [6.07, 6.45) is 5.40. The Kier molecular flexibility index (Phi) is 2.43. The van der Waals surface area contributed by atoms with E-state index in [1.807, 2.05) is 6.07 Å². The van der Waals surface area contributed by atoms with Gasteiger partial charge >= 0.3 is 0 Å². The molecule has 1 atom stereocenters. The Morgan fingerprint density at radius 1 is 1.20 bits per heavy atom. The second kappa shape index (κ2) is 3.35. The van der Waals surface area contributed by atoms with Crippen molar-refractivity contribution in [2.45, 2.75) is 26.3 Å². The molecule has 0 fully saturated rings. The van der Waals surface area contributed by atoms with Gasteiger partial charge in [-0.1, -0.05) is 13.0 Å². The lowest BCUT2D eigenvalue weighted by Gasteiger charge is -2.00. The van der Waals surface area contributed by atoms with Gasteiger partial charge in [-0.3, -0.25) is 0 Å². The highest BCUT2D eigenvalue weighted by Crippen LogP contribution is 1.97. The van der Waals surface area contributed by atoms with E-state index < -0.39 is 0 Å². The summed E-state index contributed by atoms with van der Waals surface area (Å²) < 4.78 is 2.22.